The fraction of sp³-hybridized carbons (Fsp3) is 0.625. The molecule has 0 aromatic heterocycles. The Morgan fingerprint density at radius 3 is 2.86 bits per heavy atom. The van der Waals surface area contributed by atoms with Crippen LogP contribution in [0.25, 0.3) is 0 Å². The van der Waals surface area contributed by atoms with Crippen LogP contribution >= 0.6 is 11.6 Å². The topological polar surface area (TPSA) is 32.5 Å². The highest BCUT2D eigenvalue weighted by atomic mass is 35.5. The summed E-state index contributed by atoms with van der Waals surface area (Å²) in [6.07, 6.45) is 3.65. The molecule has 0 saturated carbocycles. The van der Waals surface area contributed by atoms with Crippen LogP contribution < -0.4 is 5.73 Å². The number of rotatable bonds is 3. The van der Waals surface area contributed by atoms with Gasteiger partial charge in [-0.1, -0.05) is 23.7 Å². The first-order chi connectivity index (χ1) is 10.1. The van der Waals surface area contributed by atoms with Crippen molar-refractivity contribution in [2.75, 3.05) is 26.7 Å². The monoisotopic (exact) mass is 311 g/mol. The van der Waals surface area contributed by atoms with Crippen LogP contribution in [0.4, 0.5) is 4.39 Å². The summed E-state index contributed by atoms with van der Waals surface area (Å²) in [5.74, 6) is -0.322. The SMILES string of the molecule is CN1C2CCC1CN(C(CN)c1cccc(Cl)c1F)CC2. The van der Waals surface area contributed by atoms with E-state index in [1.807, 2.05) is 6.07 Å². The van der Waals surface area contributed by atoms with Crippen LogP contribution in [0.1, 0.15) is 30.9 Å². The van der Waals surface area contributed by atoms with Gasteiger partial charge in [0, 0.05) is 37.3 Å². The number of likely N-dealkylation sites (tertiary alicyclic amines) is 1. The smallest absolute Gasteiger partial charge is 0.146 e. The van der Waals surface area contributed by atoms with E-state index in [1.54, 1.807) is 12.1 Å². The minimum Gasteiger partial charge on any atom is -0.329 e. The van der Waals surface area contributed by atoms with Crippen LogP contribution in [0.5, 0.6) is 0 Å². The molecule has 21 heavy (non-hydrogen) atoms. The van der Waals surface area contributed by atoms with Crippen LogP contribution in [0.15, 0.2) is 18.2 Å². The van der Waals surface area contributed by atoms with Gasteiger partial charge < -0.3 is 5.73 Å². The summed E-state index contributed by atoms with van der Waals surface area (Å²) in [5.41, 5.74) is 6.60. The summed E-state index contributed by atoms with van der Waals surface area (Å²) in [4.78, 5) is 4.83. The number of likely N-dealkylation sites (N-methyl/N-ethyl adjacent to an activating group) is 1. The van der Waals surface area contributed by atoms with Crippen molar-refractivity contribution >= 4 is 11.6 Å². The van der Waals surface area contributed by atoms with Gasteiger partial charge in [0.05, 0.1) is 11.1 Å². The number of hydrogen-bond acceptors (Lipinski definition) is 3. The van der Waals surface area contributed by atoms with Crippen molar-refractivity contribution in [2.24, 2.45) is 5.73 Å². The molecule has 2 fully saturated rings. The maximum absolute atomic E-state index is 14.3. The van der Waals surface area contributed by atoms with Gasteiger partial charge in [-0.05, 0) is 32.4 Å². The second-order valence-corrected chi connectivity index (χ2v) is 6.64. The molecule has 3 rings (SSSR count). The van der Waals surface area contributed by atoms with Crippen molar-refractivity contribution in [3.05, 3.63) is 34.6 Å². The molecule has 0 aliphatic carbocycles. The third kappa shape index (κ3) is 2.82. The average molecular weight is 312 g/mol. The van der Waals surface area contributed by atoms with Crippen molar-refractivity contribution < 1.29 is 4.39 Å². The summed E-state index contributed by atoms with van der Waals surface area (Å²) in [5, 5.41) is 0.180. The third-order valence-corrected chi connectivity index (χ3v) is 5.48. The fourth-order valence-electron chi connectivity index (χ4n) is 3.87. The van der Waals surface area contributed by atoms with Gasteiger partial charge in [0.1, 0.15) is 5.82 Å². The zero-order valence-electron chi connectivity index (χ0n) is 12.4. The molecule has 2 bridgehead atoms. The maximum Gasteiger partial charge on any atom is 0.146 e. The zero-order valence-corrected chi connectivity index (χ0v) is 13.2. The summed E-state index contributed by atoms with van der Waals surface area (Å²) < 4.78 is 14.3. The molecule has 0 radical (unpaired) electrons. The molecule has 1 aromatic carbocycles. The lowest BCUT2D eigenvalue weighted by Gasteiger charge is -2.33. The Morgan fingerprint density at radius 2 is 2.10 bits per heavy atom. The van der Waals surface area contributed by atoms with Gasteiger partial charge in [-0.3, -0.25) is 9.80 Å². The first kappa shape index (κ1) is 15.2. The average Bonchev–Trinajstić information content (AvgIpc) is 2.71. The second kappa shape index (κ2) is 6.21. The largest absolute Gasteiger partial charge is 0.329 e. The minimum atomic E-state index is -0.322. The quantitative estimate of drug-likeness (QED) is 0.931. The van der Waals surface area contributed by atoms with E-state index in [0.717, 1.165) is 19.5 Å². The summed E-state index contributed by atoms with van der Waals surface area (Å²) in [7, 11) is 2.21. The molecule has 116 valence electrons. The summed E-state index contributed by atoms with van der Waals surface area (Å²) in [6.45, 7) is 2.35. The van der Waals surface area contributed by atoms with E-state index in [2.05, 4.69) is 16.8 Å². The van der Waals surface area contributed by atoms with Crippen LogP contribution in [-0.2, 0) is 0 Å². The first-order valence-corrected chi connectivity index (χ1v) is 8.09. The Labute approximate surface area is 130 Å². The molecule has 3 atom stereocenters. The Hall–Kier alpha value is -0.680. The van der Waals surface area contributed by atoms with E-state index < -0.39 is 0 Å². The molecule has 2 saturated heterocycles. The van der Waals surface area contributed by atoms with E-state index in [0.29, 0.717) is 24.2 Å². The maximum atomic E-state index is 14.3. The molecule has 5 heteroatoms. The Kier molecular flexibility index (Phi) is 4.50. The Balaban J connectivity index is 1.85. The zero-order chi connectivity index (χ0) is 15.0. The molecule has 2 heterocycles. The van der Waals surface area contributed by atoms with Gasteiger partial charge in [-0.25, -0.2) is 4.39 Å². The fourth-order valence-corrected chi connectivity index (χ4v) is 4.05. The van der Waals surface area contributed by atoms with Crippen LogP contribution in [0.2, 0.25) is 5.02 Å². The molecular weight excluding hydrogens is 289 g/mol. The van der Waals surface area contributed by atoms with Crippen molar-refractivity contribution in [1.82, 2.24) is 9.80 Å². The van der Waals surface area contributed by atoms with Gasteiger partial charge in [0.2, 0.25) is 0 Å². The molecule has 0 amide bonds. The number of benzene rings is 1. The lowest BCUT2D eigenvalue weighted by atomic mass is 10.0. The van der Waals surface area contributed by atoms with Crippen LogP contribution in [-0.4, -0.2) is 48.6 Å². The first-order valence-electron chi connectivity index (χ1n) is 7.71. The molecule has 1 aromatic rings. The molecule has 2 aliphatic heterocycles. The molecule has 2 aliphatic rings. The highest BCUT2D eigenvalue weighted by Crippen LogP contribution is 2.33. The molecule has 2 N–H and O–H groups in total. The van der Waals surface area contributed by atoms with Crippen molar-refractivity contribution in [3.8, 4) is 0 Å². The van der Waals surface area contributed by atoms with E-state index in [1.165, 1.54) is 12.8 Å². The van der Waals surface area contributed by atoms with E-state index in [4.69, 9.17) is 17.3 Å². The third-order valence-electron chi connectivity index (χ3n) is 5.18. The Bertz CT molecular complexity index is 510. The van der Waals surface area contributed by atoms with Crippen molar-refractivity contribution in [2.45, 2.75) is 37.4 Å². The van der Waals surface area contributed by atoms with Gasteiger partial charge in [-0.15, -0.1) is 0 Å². The molecule has 3 unspecified atom stereocenters. The van der Waals surface area contributed by atoms with Gasteiger partial charge in [-0.2, -0.15) is 0 Å². The van der Waals surface area contributed by atoms with Crippen molar-refractivity contribution in [1.29, 1.82) is 0 Å². The minimum absolute atomic E-state index is 0.0866. The number of nitrogens with two attached hydrogens (primary N) is 1. The Morgan fingerprint density at radius 1 is 1.33 bits per heavy atom. The molecular formula is C16H23ClFN3. The number of halogens is 2. The number of hydrogen-bond donors (Lipinski definition) is 1. The van der Waals surface area contributed by atoms with E-state index in [9.17, 15) is 4.39 Å². The van der Waals surface area contributed by atoms with Gasteiger partial charge in [0.15, 0.2) is 0 Å². The molecule has 0 spiro atoms. The standard InChI is InChI=1S/C16H23ClFN3/c1-20-11-5-6-12(20)10-21(8-7-11)15(9-19)13-3-2-4-14(17)16(13)18/h2-4,11-12,15H,5-10,19H2,1H3. The second-order valence-electron chi connectivity index (χ2n) is 6.23. The lowest BCUT2D eigenvalue weighted by molar-refractivity contribution is 0.172. The normalized spacial score (nSPS) is 28.6. The lowest BCUT2D eigenvalue weighted by Crippen LogP contribution is -2.41. The van der Waals surface area contributed by atoms with Crippen molar-refractivity contribution in [3.63, 3.8) is 0 Å². The van der Waals surface area contributed by atoms with Crippen LogP contribution in [0.3, 0.4) is 0 Å². The predicted molar refractivity (Wildman–Crippen MR) is 84.0 cm³/mol. The van der Waals surface area contributed by atoms with Gasteiger partial charge >= 0.3 is 0 Å². The summed E-state index contributed by atoms with van der Waals surface area (Å²) >= 11 is 5.93. The van der Waals surface area contributed by atoms with E-state index >= 15 is 0 Å². The number of fused-ring (bicyclic) bond motifs is 2. The van der Waals surface area contributed by atoms with Gasteiger partial charge in [0.25, 0.3) is 0 Å². The highest BCUT2D eigenvalue weighted by molar-refractivity contribution is 6.30. The number of nitrogens with zero attached hydrogens (tertiary/aromatic N) is 2. The predicted octanol–water partition coefficient (Wildman–Crippen LogP) is 2.65. The van der Waals surface area contributed by atoms with E-state index in [-0.39, 0.29) is 16.9 Å². The summed E-state index contributed by atoms with van der Waals surface area (Å²) in [6, 6.07) is 6.35. The molecule has 3 nitrogen and oxygen atoms in total. The van der Waals surface area contributed by atoms with Crippen LogP contribution in [0, 0.1) is 5.82 Å². The highest BCUT2D eigenvalue weighted by Gasteiger charge is 2.37.